The molecule has 146 valence electrons. The lowest BCUT2D eigenvalue weighted by Crippen LogP contribution is -2.49. The van der Waals surface area contributed by atoms with Crippen LogP contribution < -0.4 is 4.72 Å². The molecule has 1 aliphatic heterocycles. The highest BCUT2D eigenvalue weighted by atomic mass is 32.2. The van der Waals surface area contributed by atoms with Crippen molar-refractivity contribution in [2.45, 2.75) is 64.3 Å². The molecule has 0 radical (unpaired) electrons. The van der Waals surface area contributed by atoms with Crippen molar-refractivity contribution in [1.82, 2.24) is 9.62 Å². The quantitative estimate of drug-likeness (QED) is 0.763. The van der Waals surface area contributed by atoms with Crippen LogP contribution in [-0.2, 0) is 14.8 Å². The molecule has 0 spiro atoms. The lowest BCUT2D eigenvalue weighted by molar-refractivity contribution is -0.127. The highest BCUT2D eigenvalue weighted by Crippen LogP contribution is 2.62. The number of hydrogen-bond donors (Lipinski definition) is 1. The van der Waals surface area contributed by atoms with Crippen LogP contribution in [0.5, 0.6) is 0 Å². The number of amides is 1. The van der Waals surface area contributed by atoms with Gasteiger partial charge in [0.25, 0.3) is 0 Å². The molecule has 26 heavy (non-hydrogen) atoms. The fourth-order valence-corrected chi connectivity index (χ4v) is 7.40. The maximum absolute atomic E-state index is 12.9. The summed E-state index contributed by atoms with van der Waals surface area (Å²) >= 11 is 0. The molecule has 1 amide bonds. The van der Waals surface area contributed by atoms with Gasteiger partial charge in [0.1, 0.15) is 0 Å². The van der Waals surface area contributed by atoms with Gasteiger partial charge < -0.3 is 4.90 Å². The number of nitrogens with one attached hydrogen (secondary N) is 1. The molecule has 5 rings (SSSR count). The summed E-state index contributed by atoms with van der Waals surface area (Å²) in [6.45, 7) is 3.38. The molecule has 1 saturated heterocycles. The minimum Gasteiger partial charge on any atom is -0.338 e. The van der Waals surface area contributed by atoms with E-state index in [4.69, 9.17) is 0 Å². The normalized spacial score (nSPS) is 40.1. The Morgan fingerprint density at radius 1 is 1.12 bits per heavy atom. The summed E-state index contributed by atoms with van der Waals surface area (Å²) in [4.78, 5) is 14.7. The van der Waals surface area contributed by atoms with E-state index in [0.29, 0.717) is 6.54 Å². The number of sulfonamides is 1. The second-order valence-corrected chi connectivity index (χ2v) is 11.3. The maximum Gasteiger partial charge on any atom is 0.246 e. The Morgan fingerprint density at radius 3 is 2.23 bits per heavy atom. The molecule has 5 aliphatic rings. The molecule has 4 aliphatic carbocycles. The van der Waals surface area contributed by atoms with Crippen LogP contribution in [0.2, 0.25) is 0 Å². The van der Waals surface area contributed by atoms with Crippen LogP contribution in [0.4, 0.5) is 0 Å². The molecule has 4 saturated carbocycles. The number of carbonyl (C=O) groups excluding carboxylic acids is 1. The summed E-state index contributed by atoms with van der Waals surface area (Å²) < 4.78 is 25.6. The second kappa shape index (κ2) is 6.62. The van der Waals surface area contributed by atoms with E-state index in [-0.39, 0.29) is 17.4 Å². The first-order valence-electron chi connectivity index (χ1n) is 10.2. The first-order valence-corrected chi connectivity index (χ1v) is 12.1. The third kappa shape index (κ3) is 3.72. The van der Waals surface area contributed by atoms with E-state index in [1.165, 1.54) is 50.4 Å². The minimum atomic E-state index is -3.23. The summed E-state index contributed by atoms with van der Waals surface area (Å²) in [5.74, 6) is 2.69. The Labute approximate surface area is 157 Å². The molecule has 0 aromatic carbocycles. The van der Waals surface area contributed by atoms with Gasteiger partial charge in [-0.05, 0) is 81.5 Å². The molecule has 4 bridgehead atoms. The molecule has 5 nitrogen and oxygen atoms in total. The van der Waals surface area contributed by atoms with Crippen LogP contribution in [0.1, 0.15) is 58.3 Å². The predicted molar refractivity (Wildman–Crippen MR) is 102 cm³/mol. The Morgan fingerprint density at radius 2 is 1.69 bits per heavy atom. The van der Waals surface area contributed by atoms with Crippen LogP contribution in [0.25, 0.3) is 0 Å². The largest absolute Gasteiger partial charge is 0.338 e. The van der Waals surface area contributed by atoms with Gasteiger partial charge in [0.05, 0.1) is 6.26 Å². The van der Waals surface area contributed by atoms with E-state index in [9.17, 15) is 13.2 Å². The van der Waals surface area contributed by atoms with E-state index in [1.807, 2.05) is 11.0 Å². The van der Waals surface area contributed by atoms with Crippen LogP contribution >= 0.6 is 0 Å². The maximum atomic E-state index is 12.9. The smallest absolute Gasteiger partial charge is 0.246 e. The van der Waals surface area contributed by atoms with Gasteiger partial charge in [-0.25, -0.2) is 13.1 Å². The van der Waals surface area contributed by atoms with E-state index >= 15 is 0 Å². The number of rotatable bonds is 4. The third-order valence-corrected chi connectivity index (χ3v) is 8.09. The van der Waals surface area contributed by atoms with Crippen LogP contribution in [0.15, 0.2) is 11.6 Å². The average molecular weight is 381 g/mol. The Kier molecular flexibility index (Phi) is 4.71. The van der Waals surface area contributed by atoms with E-state index in [1.54, 1.807) is 0 Å². The minimum absolute atomic E-state index is 0.0678. The van der Waals surface area contributed by atoms with Crippen molar-refractivity contribution >= 4 is 15.9 Å². The predicted octanol–water partition coefficient (Wildman–Crippen LogP) is 2.69. The van der Waals surface area contributed by atoms with Crippen LogP contribution in [-0.4, -0.2) is 44.6 Å². The number of piperidine rings is 1. The zero-order valence-corrected chi connectivity index (χ0v) is 16.9. The number of nitrogens with zero attached hydrogens (tertiary/aromatic N) is 1. The lowest BCUT2D eigenvalue weighted by atomic mass is 9.48. The van der Waals surface area contributed by atoms with Crippen molar-refractivity contribution in [3.05, 3.63) is 11.6 Å². The number of hydrogen-bond acceptors (Lipinski definition) is 3. The molecule has 1 unspecified atom stereocenters. The van der Waals surface area contributed by atoms with Crippen molar-refractivity contribution in [2.75, 3.05) is 19.3 Å². The van der Waals surface area contributed by atoms with Crippen LogP contribution in [0, 0.1) is 23.2 Å². The molecule has 1 N–H and O–H groups in total. The fraction of sp³-hybridized carbons (Fsp3) is 0.850. The van der Waals surface area contributed by atoms with Crippen molar-refractivity contribution in [3.8, 4) is 0 Å². The first-order chi connectivity index (χ1) is 12.2. The number of allylic oxidation sites excluding steroid dienone is 1. The fourth-order valence-electron chi connectivity index (χ4n) is 6.60. The number of likely N-dealkylation sites (tertiary alicyclic amines) is 1. The highest BCUT2D eigenvalue weighted by molar-refractivity contribution is 7.88. The Bertz CT molecular complexity index is 677. The molecule has 5 fully saturated rings. The van der Waals surface area contributed by atoms with Crippen LogP contribution in [0.3, 0.4) is 0 Å². The van der Waals surface area contributed by atoms with Gasteiger partial charge in [0.2, 0.25) is 15.9 Å². The summed E-state index contributed by atoms with van der Waals surface area (Å²) in [6, 6.07) is -0.157. The zero-order valence-electron chi connectivity index (χ0n) is 16.0. The van der Waals surface area contributed by atoms with E-state index < -0.39 is 10.0 Å². The van der Waals surface area contributed by atoms with E-state index in [0.717, 1.165) is 37.1 Å². The van der Waals surface area contributed by atoms with Gasteiger partial charge in [0.15, 0.2) is 0 Å². The Hall–Kier alpha value is -0.880. The summed E-state index contributed by atoms with van der Waals surface area (Å²) in [6.07, 6.45) is 12.8. The molecule has 0 aromatic heterocycles. The Balaban J connectivity index is 1.45. The summed E-state index contributed by atoms with van der Waals surface area (Å²) in [5.41, 5.74) is 1.55. The van der Waals surface area contributed by atoms with Gasteiger partial charge in [-0.2, -0.15) is 0 Å². The SMILES string of the molecule is C/C(=C\C(=O)N1CCCC(NS(C)(=O)=O)C1)C12CC3CC(CC(C3)C1)C2. The standard InChI is InChI=1S/C20H32N2O3S/c1-14(20-10-15-7-16(11-20)9-17(8-15)12-20)6-19(23)22-5-3-4-18(13-22)21-26(2,24)25/h6,15-18,21H,3-5,7-13H2,1-2H3/b14-6+. The molecule has 1 heterocycles. The van der Waals surface area contributed by atoms with Crippen molar-refractivity contribution in [3.63, 3.8) is 0 Å². The van der Waals surface area contributed by atoms with Crippen molar-refractivity contribution in [1.29, 1.82) is 0 Å². The summed E-state index contributed by atoms with van der Waals surface area (Å²) in [7, 11) is -3.23. The third-order valence-electron chi connectivity index (χ3n) is 7.33. The molecule has 6 heteroatoms. The topological polar surface area (TPSA) is 66.5 Å². The second-order valence-electron chi connectivity index (χ2n) is 9.54. The monoisotopic (exact) mass is 380 g/mol. The summed E-state index contributed by atoms with van der Waals surface area (Å²) in [5, 5.41) is 0. The molecular weight excluding hydrogens is 348 g/mol. The molecular formula is C20H32N2O3S. The van der Waals surface area contributed by atoms with Crippen molar-refractivity contribution < 1.29 is 13.2 Å². The van der Waals surface area contributed by atoms with Gasteiger partial charge in [0, 0.05) is 25.2 Å². The first kappa shape index (κ1) is 18.5. The van der Waals surface area contributed by atoms with Gasteiger partial charge >= 0.3 is 0 Å². The molecule has 0 aromatic rings. The molecule has 1 atom stereocenters. The van der Waals surface area contributed by atoms with Gasteiger partial charge in [-0.15, -0.1) is 0 Å². The number of carbonyl (C=O) groups is 1. The van der Waals surface area contributed by atoms with E-state index in [2.05, 4.69) is 11.6 Å². The highest BCUT2D eigenvalue weighted by Gasteiger charge is 2.51. The van der Waals surface area contributed by atoms with Gasteiger partial charge in [-0.3, -0.25) is 4.79 Å². The van der Waals surface area contributed by atoms with Crippen molar-refractivity contribution in [2.24, 2.45) is 23.2 Å². The lowest BCUT2D eigenvalue weighted by Gasteiger charge is -2.57. The average Bonchev–Trinajstić information content (AvgIpc) is 2.52. The zero-order chi connectivity index (χ0) is 18.5. The van der Waals surface area contributed by atoms with Gasteiger partial charge in [-0.1, -0.05) is 5.57 Å².